The minimum atomic E-state index is -0.307. The van der Waals surface area contributed by atoms with Crippen LogP contribution in [0.2, 0.25) is 0 Å². The number of rotatable bonds is 3. The molecule has 1 aromatic heterocycles. The van der Waals surface area contributed by atoms with Gasteiger partial charge in [-0.2, -0.15) is 15.6 Å². The highest BCUT2D eigenvalue weighted by atomic mass is 16.2. The van der Waals surface area contributed by atoms with E-state index in [1.165, 1.54) is 16.8 Å². The molecule has 0 fully saturated rings. The van der Waals surface area contributed by atoms with Crippen molar-refractivity contribution in [3.05, 3.63) is 46.8 Å². The van der Waals surface area contributed by atoms with E-state index < -0.39 is 0 Å². The quantitative estimate of drug-likeness (QED) is 0.929. The number of amides is 1. The van der Waals surface area contributed by atoms with E-state index >= 15 is 0 Å². The Labute approximate surface area is 122 Å². The van der Waals surface area contributed by atoms with E-state index in [9.17, 15) is 4.79 Å². The molecule has 2 aromatic rings. The molecule has 0 saturated carbocycles. The lowest BCUT2D eigenvalue weighted by atomic mass is 10.1. The monoisotopic (exact) mass is 279 g/mol. The Bertz CT molecular complexity index is 776. The Morgan fingerprint density at radius 2 is 2.00 bits per heavy atom. The summed E-state index contributed by atoms with van der Waals surface area (Å²) in [6.45, 7) is 1.96. The molecule has 1 amide bonds. The van der Waals surface area contributed by atoms with Crippen LogP contribution in [-0.2, 0) is 13.5 Å². The minimum absolute atomic E-state index is 0.231. The molecule has 0 aliphatic rings. The van der Waals surface area contributed by atoms with Crippen molar-refractivity contribution in [2.24, 2.45) is 7.05 Å². The zero-order valence-electron chi connectivity index (χ0n) is 11.7. The van der Waals surface area contributed by atoms with Crippen molar-refractivity contribution in [1.29, 1.82) is 10.5 Å². The van der Waals surface area contributed by atoms with Crippen molar-refractivity contribution in [3.63, 3.8) is 0 Å². The molecule has 0 bridgehead atoms. The van der Waals surface area contributed by atoms with Gasteiger partial charge < -0.3 is 5.32 Å². The predicted molar refractivity (Wildman–Crippen MR) is 76.4 cm³/mol. The molecule has 0 saturated heterocycles. The second-order valence-corrected chi connectivity index (χ2v) is 4.44. The van der Waals surface area contributed by atoms with Gasteiger partial charge in [0.1, 0.15) is 17.8 Å². The number of nitriles is 2. The first-order chi connectivity index (χ1) is 10.1. The third kappa shape index (κ3) is 2.90. The molecule has 0 atom stereocenters. The molecule has 1 N–H and O–H groups in total. The normalized spacial score (nSPS) is 9.71. The molecule has 1 heterocycles. The van der Waals surface area contributed by atoms with Gasteiger partial charge in [-0.1, -0.05) is 6.92 Å². The summed E-state index contributed by atoms with van der Waals surface area (Å²) in [6.07, 6.45) is 0.747. The van der Waals surface area contributed by atoms with Gasteiger partial charge in [0.05, 0.1) is 16.8 Å². The Morgan fingerprint density at radius 3 is 2.57 bits per heavy atom. The molecule has 1 aromatic carbocycles. The van der Waals surface area contributed by atoms with Crippen LogP contribution in [0.4, 0.5) is 5.69 Å². The van der Waals surface area contributed by atoms with Crippen molar-refractivity contribution in [2.45, 2.75) is 13.3 Å². The molecule has 0 radical (unpaired) electrons. The molecule has 0 unspecified atom stereocenters. The highest BCUT2D eigenvalue weighted by Crippen LogP contribution is 2.16. The third-order valence-corrected chi connectivity index (χ3v) is 3.04. The number of hydrogen-bond acceptors (Lipinski definition) is 4. The molecular weight excluding hydrogens is 266 g/mol. The number of anilines is 1. The zero-order chi connectivity index (χ0) is 15.4. The van der Waals surface area contributed by atoms with Gasteiger partial charge in [-0.3, -0.25) is 9.48 Å². The van der Waals surface area contributed by atoms with Gasteiger partial charge in [0, 0.05) is 12.7 Å². The number of aryl methyl sites for hydroxylation is 2. The van der Waals surface area contributed by atoms with Crippen LogP contribution in [0.3, 0.4) is 0 Å². The molecule has 6 nitrogen and oxygen atoms in total. The van der Waals surface area contributed by atoms with Crippen molar-refractivity contribution < 1.29 is 4.79 Å². The van der Waals surface area contributed by atoms with Gasteiger partial charge in [-0.05, 0) is 30.7 Å². The van der Waals surface area contributed by atoms with E-state index in [2.05, 4.69) is 10.4 Å². The number of carbonyl (C=O) groups is 1. The summed E-state index contributed by atoms with van der Waals surface area (Å²) < 4.78 is 1.52. The number of aromatic nitrogens is 2. The number of carbonyl (C=O) groups excluding carboxylic acids is 1. The summed E-state index contributed by atoms with van der Waals surface area (Å²) in [5.74, 6) is -0.307. The maximum absolute atomic E-state index is 12.2. The summed E-state index contributed by atoms with van der Waals surface area (Å²) in [4.78, 5) is 12.2. The first-order valence-corrected chi connectivity index (χ1v) is 6.37. The molecule has 2 rings (SSSR count). The molecule has 6 heteroatoms. The number of nitrogens with one attached hydrogen (secondary N) is 1. The van der Waals surface area contributed by atoms with E-state index in [0.717, 1.165) is 12.1 Å². The van der Waals surface area contributed by atoms with Gasteiger partial charge in [-0.25, -0.2) is 0 Å². The molecule has 0 aliphatic carbocycles. The lowest BCUT2D eigenvalue weighted by molar-refractivity contribution is 0.101. The van der Waals surface area contributed by atoms with Gasteiger partial charge in [-0.15, -0.1) is 0 Å². The highest BCUT2D eigenvalue weighted by molar-refractivity contribution is 6.03. The van der Waals surface area contributed by atoms with Crippen LogP contribution in [0, 0.1) is 22.7 Å². The smallest absolute Gasteiger partial charge is 0.273 e. The minimum Gasteiger partial charge on any atom is -0.321 e. The summed E-state index contributed by atoms with van der Waals surface area (Å²) in [6, 6.07) is 10.2. The maximum Gasteiger partial charge on any atom is 0.273 e. The summed E-state index contributed by atoms with van der Waals surface area (Å²) >= 11 is 0. The van der Waals surface area contributed by atoms with E-state index in [1.54, 1.807) is 19.2 Å². The Morgan fingerprint density at radius 1 is 1.29 bits per heavy atom. The van der Waals surface area contributed by atoms with Crippen molar-refractivity contribution in [3.8, 4) is 12.1 Å². The molecular formula is C15H13N5O. The first kappa shape index (κ1) is 14.3. The SMILES string of the molecule is CCc1cc(C(=O)Nc2ccc(C#N)c(C#N)c2)n(C)n1. The van der Waals surface area contributed by atoms with Crippen LogP contribution in [0.5, 0.6) is 0 Å². The number of hydrogen-bond donors (Lipinski definition) is 1. The fraction of sp³-hybridized carbons (Fsp3) is 0.200. The van der Waals surface area contributed by atoms with Crippen LogP contribution in [-0.4, -0.2) is 15.7 Å². The molecule has 0 spiro atoms. The molecule has 104 valence electrons. The topological polar surface area (TPSA) is 94.5 Å². The van der Waals surface area contributed by atoms with Gasteiger partial charge in [0.15, 0.2) is 0 Å². The van der Waals surface area contributed by atoms with Gasteiger partial charge in [0.25, 0.3) is 5.91 Å². The predicted octanol–water partition coefficient (Wildman–Crippen LogP) is 1.98. The summed E-state index contributed by atoms with van der Waals surface area (Å²) in [5, 5.41) is 24.8. The van der Waals surface area contributed by atoms with E-state index in [1.807, 2.05) is 19.1 Å². The Balaban J connectivity index is 2.26. The van der Waals surface area contributed by atoms with E-state index in [4.69, 9.17) is 10.5 Å². The third-order valence-electron chi connectivity index (χ3n) is 3.04. The Hall–Kier alpha value is -3.12. The second-order valence-electron chi connectivity index (χ2n) is 4.44. The highest BCUT2D eigenvalue weighted by Gasteiger charge is 2.13. The molecule has 0 aliphatic heterocycles. The van der Waals surface area contributed by atoms with Crippen LogP contribution in [0.15, 0.2) is 24.3 Å². The van der Waals surface area contributed by atoms with Crippen molar-refractivity contribution >= 4 is 11.6 Å². The first-order valence-electron chi connectivity index (χ1n) is 6.37. The number of benzene rings is 1. The van der Waals surface area contributed by atoms with Gasteiger partial charge >= 0.3 is 0 Å². The van der Waals surface area contributed by atoms with Gasteiger partial charge in [0.2, 0.25) is 0 Å². The van der Waals surface area contributed by atoms with Crippen LogP contribution in [0.1, 0.15) is 34.2 Å². The standard InChI is InChI=1S/C15H13N5O/c1-3-12-7-14(20(2)19-12)15(21)18-13-5-4-10(8-16)11(6-13)9-17/h4-7H,3H2,1-2H3,(H,18,21). The van der Waals surface area contributed by atoms with E-state index in [0.29, 0.717) is 11.4 Å². The average Bonchev–Trinajstić information content (AvgIpc) is 2.88. The van der Waals surface area contributed by atoms with E-state index in [-0.39, 0.29) is 17.0 Å². The fourth-order valence-corrected chi connectivity index (χ4v) is 1.92. The largest absolute Gasteiger partial charge is 0.321 e. The van der Waals surface area contributed by atoms with Crippen molar-refractivity contribution in [1.82, 2.24) is 9.78 Å². The zero-order valence-corrected chi connectivity index (χ0v) is 11.7. The summed E-state index contributed by atoms with van der Waals surface area (Å²) in [7, 11) is 1.70. The van der Waals surface area contributed by atoms with Crippen LogP contribution in [0.25, 0.3) is 0 Å². The van der Waals surface area contributed by atoms with Crippen molar-refractivity contribution in [2.75, 3.05) is 5.32 Å². The lowest BCUT2D eigenvalue weighted by Crippen LogP contribution is -2.16. The second kappa shape index (κ2) is 5.89. The number of nitrogens with zero attached hydrogens (tertiary/aromatic N) is 4. The van der Waals surface area contributed by atoms with Crippen LogP contribution < -0.4 is 5.32 Å². The summed E-state index contributed by atoms with van der Waals surface area (Å²) in [5.41, 5.74) is 2.25. The van der Waals surface area contributed by atoms with Crippen LogP contribution >= 0.6 is 0 Å². The maximum atomic E-state index is 12.2. The fourth-order valence-electron chi connectivity index (χ4n) is 1.92. The lowest BCUT2D eigenvalue weighted by Gasteiger charge is -2.06. The Kier molecular flexibility index (Phi) is 4.01. The average molecular weight is 279 g/mol. The molecule has 21 heavy (non-hydrogen) atoms.